The van der Waals surface area contributed by atoms with E-state index in [0.717, 1.165) is 37.7 Å². The molecule has 2 heterocycles. The second-order valence-electron chi connectivity index (χ2n) is 9.99. The molecule has 1 aliphatic carbocycles. The number of nitrogens with one attached hydrogen (secondary N) is 2. The molecule has 2 N–H and O–H groups in total. The molecule has 1 aromatic carbocycles. The number of nitrogens with zero attached hydrogens (tertiary/aromatic N) is 1. The molecule has 4 atom stereocenters. The highest BCUT2D eigenvalue weighted by atomic mass is 32.2. The SMILES string of the molecule is CC[C@@H](C)[C@H](NC(=O)[C@H]1N2C(=O)c3ccccc3[C@@H]2SC1(C)C)C(=O)NC1CCCCC1. The quantitative estimate of drug-likeness (QED) is 0.676. The normalized spacial score (nSPS) is 26.2. The Kier molecular flexibility index (Phi) is 6.57. The van der Waals surface area contributed by atoms with Crippen LogP contribution in [0.4, 0.5) is 0 Å². The van der Waals surface area contributed by atoms with Crippen molar-refractivity contribution >= 4 is 29.5 Å². The minimum Gasteiger partial charge on any atom is -0.352 e. The van der Waals surface area contributed by atoms with Gasteiger partial charge in [0.1, 0.15) is 17.5 Å². The summed E-state index contributed by atoms with van der Waals surface area (Å²) >= 11 is 1.64. The van der Waals surface area contributed by atoms with Crippen molar-refractivity contribution in [3.8, 4) is 0 Å². The van der Waals surface area contributed by atoms with Gasteiger partial charge in [0, 0.05) is 16.4 Å². The Hall–Kier alpha value is -2.02. The topological polar surface area (TPSA) is 78.5 Å². The second-order valence-corrected chi connectivity index (χ2v) is 11.7. The average Bonchev–Trinajstić information content (AvgIpc) is 3.21. The first-order chi connectivity index (χ1) is 15.2. The van der Waals surface area contributed by atoms with Gasteiger partial charge in [0.2, 0.25) is 11.8 Å². The van der Waals surface area contributed by atoms with E-state index in [9.17, 15) is 14.4 Å². The van der Waals surface area contributed by atoms with E-state index < -0.39 is 16.8 Å². The van der Waals surface area contributed by atoms with Crippen LogP contribution in [0.3, 0.4) is 0 Å². The lowest BCUT2D eigenvalue weighted by molar-refractivity contribution is -0.133. The van der Waals surface area contributed by atoms with Crippen molar-refractivity contribution in [2.24, 2.45) is 5.92 Å². The highest BCUT2D eigenvalue weighted by molar-refractivity contribution is 8.01. The molecule has 7 heteroatoms. The summed E-state index contributed by atoms with van der Waals surface area (Å²) in [7, 11) is 0. The Bertz CT molecular complexity index is 896. The molecule has 2 aliphatic heterocycles. The van der Waals surface area contributed by atoms with Gasteiger partial charge in [-0.2, -0.15) is 0 Å². The number of carbonyl (C=O) groups excluding carboxylic acids is 3. The molecule has 174 valence electrons. The van der Waals surface area contributed by atoms with Crippen LogP contribution >= 0.6 is 11.8 Å². The molecule has 0 radical (unpaired) electrons. The van der Waals surface area contributed by atoms with E-state index in [-0.39, 0.29) is 35.1 Å². The van der Waals surface area contributed by atoms with Gasteiger partial charge in [0.15, 0.2) is 0 Å². The maximum atomic E-state index is 13.6. The number of fused-ring (bicyclic) bond motifs is 3. The molecule has 0 bridgehead atoms. The summed E-state index contributed by atoms with van der Waals surface area (Å²) in [5, 5.41) is 6.07. The fourth-order valence-electron chi connectivity index (χ4n) is 5.28. The van der Waals surface area contributed by atoms with Gasteiger partial charge in [-0.05, 0) is 44.2 Å². The van der Waals surface area contributed by atoms with Gasteiger partial charge in [-0.25, -0.2) is 0 Å². The van der Waals surface area contributed by atoms with Crippen LogP contribution in [0, 0.1) is 5.92 Å². The van der Waals surface area contributed by atoms with E-state index in [1.54, 1.807) is 16.7 Å². The summed E-state index contributed by atoms with van der Waals surface area (Å²) < 4.78 is -0.461. The number of thioether (sulfide) groups is 1. The summed E-state index contributed by atoms with van der Waals surface area (Å²) in [6.45, 7) is 8.05. The van der Waals surface area contributed by atoms with Gasteiger partial charge in [0.05, 0.1) is 0 Å². The Morgan fingerprint density at radius 1 is 1.19 bits per heavy atom. The largest absolute Gasteiger partial charge is 0.352 e. The third-order valence-corrected chi connectivity index (χ3v) is 8.82. The first kappa shape index (κ1) is 23.1. The van der Waals surface area contributed by atoms with Gasteiger partial charge < -0.3 is 15.5 Å². The molecule has 1 saturated heterocycles. The minimum atomic E-state index is -0.633. The van der Waals surface area contributed by atoms with Crippen molar-refractivity contribution in [3.05, 3.63) is 35.4 Å². The Labute approximate surface area is 195 Å². The Morgan fingerprint density at radius 3 is 2.56 bits per heavy atom. The van der Waals surface area contributed by atoms with Crippen molar-refractivity contribution in [2.75, 3.05) is 0 Å². The molecule has 3 amide bonds. The van der Waals surface area contributed by atoms with E-state index in [2.05, 4.69) is 10.6 Å². The van der Waals surface area contributed by atoms with Crippen LogP contribution < -0.4 is 10.6 Å². The summed E-state index contributed by atoms with van der Waals surface area (Å²) in [6, 6.07) is 6.56. The zero-order valence-electron chi connectivity index (χ0n) is 19.5. The van der Waals surface area contributed by atoms with E-state index >= 15 is 0 Å². The van der Waals surface area contributed by atoms with Crippen LogP contribution in [0.2, 0.25) is 0 Å². The molecule has 6 nitrogen and oxygen atoms in total. The predicted molar refractivity (Wildman–Crippen MR) is 127 cm³/mol. The van der Waals surface area contributed by atoms with Crippen molar-refractivity contribution in [2.45, 2.75) is 94.5 Å². The Morgan fingerprint density at radius 2 is 1.88 bits per heavy atom. The van der Waals surface area contributed by atoms with Crippen LogP contribution in [0.25, 0.3) is 0 Å². The van der Waals surface area contributed by atoms with Crippen molar-refractivity contribution in [1.82, 2.24) is 15.5 Å². The number of amides is 3. The molecular formula is C25H35N3O3S. The van der Waals surface area contributed by atoms with Crippen LogP contribution in [-0.2, 0) is 9.59 Å². The number of hydrogen-bond acceptors (Lipinski definition) is 4. The summed E-state index contributed by atoms with van der Waals surface area (Å²) in [6.07, 6.45) is 6.28. The number of benzene rings is 1. The average molecular weight is 458 g/mol. The van der Waals surface area contributed by atoms with Crippen LogP contribution in [-0.4, -0.2) is 45.5 Å². The molecule has 0 unspecified atom stereocenters. The van der Waals surface area contributed by atoms with Gasteiger partial charge in [-0.1, -0.05) is 57.7 Å². The van der Waals surface area contributed by atoms with E-state index in [0.29, 0.717) is 5.56 Å². The zero-order valence-corrected chi connectivity index (χ0v) is 20.3. The van der Waals surface area contributed by atoms with Crippen LogP contribution in [0.15, 0.2) is 24.3 Å². The van der Waals surface area contributed by atoms with Gasteiger partial charge in [-0.3, -0.25) is 14.4 Å². The van der Waals surface area contributed by atoms with E-state index in [4.69, 9.17) is 0 Å². The summed E-state index contributed by atoms with van der Waals surface area (Å²) in [5.41, 5.74) is 1.64. The lowest BCUT2D eigenvalue weighted by atomic mass is 9.93. The fourth-order valence-corrected chi connectivity index (χ4v) is 6.87. The molecule has 3 aliphatic rings. The maximum absolute atomic E-state index is 13.6. The smallest absolute Gasteiger partial charge is 0.256 e. The van der Waals surface area contributed by atoms with Crippen LogP contribution in [0.5, 0.6) is 0 Å². The summed E-state index contributed by atoms with van der Waals surface area (Å²) in [4.78, 5) is 41.7. The van der Waals surface area contributed by atoms with E-state index in [1.165, 1.54) is 6.42 Å². The third kappa shape index (κ3) is 4.16. The lowest BCUT2D eigenvalue weighted by Gasteiger charge is -2.33. The van der Waals surface area contributed by atoms with E-state index in [1.807, 2.05) is 52.0 Å². The molecule has 1 saturated carbocycles. The van der Waals surface area contributed by atoms with Crippen molar-refractivity contribution in [1.29, 1.82) is 0 Å². The van der Waals surface area contributed by atoms with Gasteiger partial charge in [0.25, 0.3) is 5.91 Å². The number of hydrogen-bond donors (Lipinski definition) is 2. The van der Waals surface area contributed by atoms with Crippen molar-refractivity contribution in [3.63, 3.8) is 0 Å². The minimum absolute atomic E-state index is 0.00184. The molecule has 1 aromatic rings. The van der Waals surface area contributed by atoms with Crippen LogP contribution in [0.1, 0.15) is 87.5 Å². The number of rotatable bonds is 6. The second kappa shape index (κ2) is 9.08. The molecule has 0 spiro atoms. The summed E-state index contributed by atoms with van der Waals surface area (Å²) in [5.74, 6) is -0.441. The standard InChI is InChI=1S/C25H35N3O3S/c1-5-15(2)19(21(29)26-16-11-7-6-8-12-16)27-22(30)20-25(3,4)32-24-18-14-10-9-13-17(18)23(31)28(20)24/h9-10,13-16,19-20,24H,5-8,11-12H2,1-4H3,(H,26,29)(H,27,30)/t15-,19+,20-,24+/m1/s1. The molecular weight excluding hydrogens is 422 g/mol. The predicted octanol–water partition coefficient (Wildman–Crippen LogP) is 4.01. The first-order valence-electron chi connectivity index (χ1n) is 11.9. The first-order valence-corrected chi connectivity index (χ1v) is 12.8. The van der Waals surface area contributed by atoms with Crippen molar-refractivity contribution < 1.29 is 14.4 Å². The highest BCUT2D eigenvalue weighted by Crippen LogP contribution is 2.56. The Balaban J connectivity index is 1.53. The fraction of sp³-hybridized carbons (Fsp3) is 0.640. The maximum Gasteiger partial charge on any atom is 0.256 e. The monoisotopic (exact) mass is 457 g/mol. The third-order valence-electron chi connectivity index (χ3n) is 7.29. The highest BCUT2D eigenvalue weighted by Gasteiger charge is 2.57. The van der Waals surface area contributed by atoms with Gasteiger partial charge >= 0.3 is 0 Å². The van der Waals surface area contributed by atoms with Gasteiger partial charge in [-0.15, -0.1) is 11.8 Å². The molecule has 4 rings (SSSR count). The number of carbonyl (C=O) groups is 3. The molecule has 0 aromatic heterocycles. The lowest BCUT2D eigenvalue weighted by Crippen LogP contribution is -2.59. The molecule has 32 heavy (non-hydrogen) atoms. The zero-order chi connectivity index (χ0) is 23.0. The molecule has 2 fully saturated rings.